The molecule has 0 aliphatic heterocycles. The van der Waals surface area contributed by atoms with Gasteiger partial charge in [-0.1, -0.05) is 41.1 Å². The Balaban J connectivity index is 2.37. The van der Waals surface area contributed by atoms with E-state index in [1.165, 1.54) is 12.1 Å². The van der Waals surface area contributed by atoms with Crippen molar-refractivity contribution in [1.82, 2.24) is 0 Å². The Kier molecular flexibility index (Phi) is 5.15. The number of benzene rings is 2. The van der Waals surface area contributed by atoms with Crippen LogP contribution in [-0.2, 0) is 0 Å². The van der Waals surface area contributed by atoms with Crippen molar-refractivity contribution in [3.05, 3.63) is 63.9 Å². The molecule has 0 bridgehead atoms. The zero-order valence-corrected chi connectivity index (χ0v) is 12.9. The highest BCUT2D eigenvalue weighted by molar-refractivity contribution is 9.10. The molecule has 0 fully saturated rings. The van der Waals surface area contributed by atoms with Gasteiger partial charge in [-0.3, -0.25) is 0 Å². The Morgan fingerprint density at radius 2 is 1.95 bits per heavy atom. The summed E-state index contributed by atoms with van der Waals surface area (Å²) in [6.45, 7) is 2.68. The molecule has 2 aromatic rings. The first kappa shape index (κ1) is 15.0. The van der Waals surface area contributed by atoms with Crippen molar-refractivity contribution in [1.29, 1.82) is 0 Å². The fourth-order valence-electron chi connectivity index (χ4n) is 2.00. The van der Waals surface area contributed by atoms with Crippen molar-refractivity contribution < 1.29 is 9.13 Å². The van der Waals surface area contributed by atoms with Crippen molar-refractivity contribution >= 4 is 15.9 Å². The molecule has 0 saturated carbocycles. The molecule has 0 radical (unpaired) electrons. The second-order valence-electron chi connectivity index (χ2n) is 4.53. The van der Waals surface area contributed by atoms with Gasteiger partial charge in [-0.15, -0.1) is 0 Å². The SMILES string of the molecule is CCCOc1ccccc1C(N)c1cc(F)ccc1Br. The number of hydrogen-bond donors (Lipinski definition) is 1. The van der Waals surface area contributed by atoms with Crippen LogP contribution in [0.25, 0.3) is 0 Å². The maximum atomic E-state index is 13.4. The molecule has 0 spiro atoms. The van der Waals surface area contributed by atoms with Crippen LogP contribution < -0.4 is 10.5 Å². The number of rotatable bonds is 5. The van der Waals surface area contributed by atoms with Gasteiger partial charge >= 0.3 is 0 Å². The van der Waals surface area contributed by atoms with Crippen LogP contribution in [0.3, 0.4) is 0 Å². The van der Waals surface area contributed by atoms with Gasteiger partial charge in [0, 0.05) is 10.0 Å². The highest BCUT2D eigenvalue weighted by Crippen LogP contribution is 2.32. The first-order valence-corrected chi connectivity index (χ1v) is 7.35. The van der Waals surface area contributed by atoms with Crippen molar-refractivity contribution in [3.63, 3.8) is 0 Å². The third-order valence-corrected chi connectivity index (χ3v) is 3.73. The smallest absolute Gasteiger partial charge is 0.124 e. The molecule has 2 rings (SSSR count). The summed E-state index contributed by atoms with van der Waals surface area (Å²) in [5.41, 5.74) is 7.84. The van der Waals surface area contributed by atoms with Crippen LogP contribution >= 0.6 is 15.9 Å². The first-order valence-electron chi connectivity index (χ1n) is 6.55. The third-order valence-electron chi connectivity index (χ3n) is 3.01. The molecule has 0 aromatic heterocycles. The quantitative estimate of drug-likeness (QED) is 0.876. The average molecular weight is 338 g/mol. The second-order valence-corrected chi connectivity index (χ2v) is 5.38. The molecule has 0 amide bonds. The molecule has 2 nitrogen and oxygen atoms in total. The van der Waals surface area contributed by atoms with Crippen molar-refractivity contribution in [2.45, 2.75) is 19.4 Å². The summed E-state index contributed by atoms with van der Waals surface area (Å²) in [4.78, 5) is 0. The van der Waals surface area contributed by atoms with E-state index in [0.717, 1.165) is 22.2 Å². The maximum absolute atomic E-state index is 13.4. The van der Waals surface area contributed by atoms with Gasteiger partial charge in [-0.05, 0) is 36.2 Å². The molecular formula is C16H17BrFNO. The first-order chi connectivity index (χ1) is 9.63. The number of hydrogen-bond acceptors (Lipinski definition) is 2. The number of ether oxygens (including phenoxy) is 1. The summed E-state index contributed by atoms with van der Waals surface area (Å²) in [6, 6.07) is 11.7. The Morgan fingerprint density at radius 1 is 1.20 bits per heavy atom. The summed E-state index contributed by atoms with van der Waals surface area (Å²) in [5, 5.41) is 0. The molecule has 2 aromatic carbocycles. The topological polar surface area (TPSA) is 35.2 Å². The van der Waals surface area contributed by atoms with Gasteiger partial charge in [0.15, 0.2) is 0 Å². The predicted molar refractivity (Wildman–Crippen MR) is 82.4 cm³/mol. The normalized spacial score (nSPS) is 12.2. The molecule has 20 heavy (non-hydrogen) atoms. The third kappa shape index (κ3) is 3.38. The van der Waals surface area contributed by atoms with Crippen LogP contribution in [0.4, 0.5) is 4.39 Å². The molecule has 4 heteroatoms. The average Bonchev–Trinajstić information content (AvgIpc) is 2.47. The highest BCUT2D eigenvalue weighted by atomic mass is 79.9. The lowest BCUT2D eigenvalue weighted by molar-refractivity contribution is 0.313. The van der Waals surface area contributed by atoms with E-state index in [1.807, 2.05) is 31.2 Å². The van der Waals surface area contributed by atoms with Crippen LogP contribution in [0, 0.1) is 5.82 Å². The van der Waals surface area contributed by atoms with Gasteiger partial charge in [-0.25, -0.2) is 4.39 Å². The fourth-order valence-corrected chi connectivity index (χ4v) is 2.49. The van der Waals surface area contributed by atoms with Gasteiger partial charge < -0.3 is 10.5 Å². The Morgan fingerprint density at radius 3 is 2.70 bits per heavy atom. The minimum Gasteiger partial charge on any atom is -0.493 e. The molecule has 1 unspecified atom stereocenters. The lowest BCUT2D eigenvalue weighted by atomic mass is 9.98. The maximum Gasteiger partial charge on any atom is 0.124 e. The molecule has 0 heterocycles. The summed E-state index contributed by atoms with van der Waals surface area (Å²) >= 11 is 3.42. The van der Waals surface area contributed by atoms with Crippen LogP contribution in [-0.4, -0.2) is 6.61 Å². The van der Waals surface area contributed by atoms with E-state index in [0.29, 0.717) is 12.2 Å². The van der Waals surface area contributed by atoms with Gasteiger partial charge in [0.2, 0.25) is 0 Å². The predicted octanol–water partition coefficient (Wildman–Crippen LogP) is 4.43. The summed E-state index contributed by atoms with van der Waals surface area (Å²) < 4.78 is 19.9. The minimum absolute atomic E-state index is 0.300. The van der Waals surface area contributed by atoms with Gasteiger partial charge in [0.25, 0.3) is 0 Å². The van der Waals surface area contributed by atoms with Gasteiger partial charge in [0.05, 0.1) is 12.6 Å². The highest BCUT2D eigenvalue weighted by Gasteiger charge is 2.17. The van der Waals surface area contributed by atoms with E-state index in [-0.39, 0.29) is 5.82 Å². The van der Waals surface area contributed by atoms with Crippen molar-refractivity contribution in [2.24, 2.45) is 5.73 Å². The van der Waals surface area contributed by atoms with Crippen LogP contribution in [0.5, 0.6) is 5.75 Å². The second kappa shape index (κ2) is 6.86. The van der Waals surface area contributed by atoms with Crippen LogP contribution in [0.1, 0.15) is 30.5 Å². The molecule has 0 saturated heterocycles. The monoisotopic (exact) mass is 337 g/mol. The van der Waals surface area contributed by atoms with E-state index in [2.05, 4.69) is 15.9 Å². The van der Waals surface area contributed by atoms with E-state index >= 15 is 0 Å². The molecule has 2 N–H and O–H groups in total. The van der Waals surface area contributed by atoms with Crippen molar-refractivity contribution in [2.75, 3.05) is 6.61 Å². The minimum atomic E-state index is -0.437. The van der Waals surface area contributed by atoms with E-state index in [9.17, 15) is 4.39 Å². The molecule has 0 aliphatic rings. The zero-order chi connectivity index (χ0) is 14.5. The summed E-state index contributed by atoms with van der Waals surface area (Å²) in [5.74, 6) is 0.448. The van der Waals surface area contributed by atoms with Crippen molar-refractivity contribution in [3.8, 4) is 5.75 Å². The Hall–Kier alpha value is -1.39. The standard InChI is InChI=1S/C16H17BrFNO/c1-2-9-20-15-6-4-3-5-12(15)16(19)13-10-11(18)7-8-14(13)17/h3-8,10,16H,2,9,19H2,1H3. The molecule has 0 aliphatic carbocycles. The Bertz CT molecular complexity index is 588. The molecule has 1 atom stereocenters. The summed E-state index contributed by atoms with van der Waals surface area (Å²) in [7, 11) is 0. The number of para-hydroxylation sites is 1. The van der Waals surface area contributed by atoms with Gasteiger partial charge in [-0.2, -0.15) is 0 Å². The van der Waals surface area contributed by atoms with Crippen LogP contribution in [0.15, 0.2) is 46.9 Å². The largest absolute Gasteiger partial charge is 0.493 e. The van der Waals surface area contributed by atoms with E-state index in [4.69, 9.17) is 10.5 Å². The fraction of sp³-hybridized carbons (Fsp3) is 0.250. The number of nitrogens with two attached hydrogens (primary N) is 1. The molecular weight excluding hydrogens is 321 g/mol. The number of halogens is 2. The van der Waals surface area contributed by atoms with Crippen LogP contribution in [0.2, 0.25) is 0 Å². The van der Waals surface area contributed by atoms with E-state index < -0.39 is 6.04 Å². The zero-order valence-electron chi connectivity index (χ0n) is 11.3. The van der Waals surface area contributed by atoms with E-state index in [1.54, 1.807) is 6.07 Å². The Labute approximate surface area is 126 Å². The lowest BCUT2D eigenvalue weighted by Crippen LogP contribution is -2.14. The molecule has 106 valence electrons. The lowest BCUT2D eigenvalue weighted by Gasteiger charge is -2.18. The summed E-state index contributed by atoms with van der Waals surface area (Å²) in [6.07, 6.45) is 0.924. The van der Waals surface area contributed by atoms with Gasteiger partial charge in [0.1, 0.15) is 11.6 Å².